The van der Waals surface area contributed by atoms with Crippen LogP contribution in [0.3, 0.4) is 0 Å². The molecule has 6 heteroatoms. The van der Waals surface area contributed by atoms with Crippen LogP contribution >= 0.6 is 0 Å². The van der Waals surface area contributed by atoms with E-state index in [2.05, 4.69) is 9.97 Å². The zero-order chi connectivity index (χ0) is 18.1. The summed E-state index contributed by atoms with van der Waals surface area (Å²) in [6, 6.07) is 6.67. The Morgan fingerprint density at radius 2 is 2.04 bits per heavy atom. The molecule has 1 unspecified atom stereocenters. The van der Waals surface area contributed by atoms with Crippen molar-refractivity contribution in [2.24, 2.45) is 5.92 Å². The molecule has 1 aromatic carbocycles. The molecule has 136 valence electrons. The van der Waals surface area contributed by atoms with Gasteiger partial charge in [-0.05, 0) is 44.1 Å². The summed E-state index contributed by atoms with van der Waals surface area (Å²) in [5.74, 6) is 0.558. The lowest BCUT2D eigenvalue weighted by Crippen LogP contribution is -2.45. The third-order valence-corrected chi connectivity index (χ3v) is 5.64. The fourth-order valence-corrected chi connectivity index (χ4v) is 4.10. The SMILES string of the molecule is Nc1nccnc1CC1CCCN(C(=O)C2(c3ccccc3F)CC2)C1. The van der Waals surface area contributed by atoms with Gasteiger partial charge in [-0.1, -0.05) is 18.2 Å². The van der Waals surface area contributed by atoms with Crippen LogP contribution in [-0.2, 0) is 16.6 Å². The minimum absolute atomic E-state index is 0.0689. The van der Waals surface area contributed by atoms with Crippen LogP contribution < -0.4 is 5.73 Å². The van der Waals surface area contributed by atoms with Gasteiger partial charge in [0.05, 0.1) is 11.1 Å². The summed E-state index contributed by atoms with van der Waals surface area (Å²) in [5, 5.41) is 0. The van der Waals surface area contributed by atoms with Gasteiger partial charge in [-0.2, -0.15) is 0 Å². The molecule has 1 aliphatic carbocycles. The average molecular weight is 354 g/mol. The minimum Gasteiger partial charge on any atom is -0.382 e. The molecule has 1 aromatic heterocycles. The quantitative estimate of drug-likeness (QED) is 0.916. The topological polar surface area (TPSA) is 72.1 Å². The Balaban J connectivity index is 1.49. The lowest BCUT2D eigenvalue weighted by Gasteiger charge is -2.35. The number of nitrogens with two attached hydrogens (primary N) is 1. The average Bonchev–Trinajstić information content (AvgIpc) is 3.45. The molecule has 2 heterocycles. The molecule has 0 bridgehead atoms. The predicted octanol–water partition coefficient (Wildman–Crippen LogP) is 2.71. The zero-order valence-electron chi connectivity index (χ0n) is 14.7. The highest BCUT2D eigenvalue weighted by molar-refractivity contribution is 5.91. The summed E-state index contributed by atoms with van der Waals surface area (Å²) in [6.45, 7) is 1.41. The molecule has 1 aliphatic heterocycles. The number of piperidine rings is 1. The molecule has 2 N–H and O–H groups in total. The number of rotatable bonds is 4. The molecule has 1 amide bonds. The molecule has 1 saturated heterocycles. The summed E-state index contributed by atoms with van der Waals surface area (Å²) in [7, 11) is 0. The van der Waals surface area contributed by atoms with Crippen LogP contribution in [0.1, 0.15) is 36.9 Å². The normalized spacial score (nSPS) is 21.4. The first-order valence-corrected chi connectivity index (χ1v) is 9.20. The van der Waals surface area contributed by atoms with E-state index in [0.717, 1.165) is 44.3 Å². The number of likely N-dealkylation sites (tertiary alicyclic amines) is 1. The molecule has 1 atom stereocenters. The maximum atomic E-state index is 14.3. The fourth-order valence-electron chi connectivity index (χ4n) is 4.10. The molecule has 4 rings (SSSR count). The van der Waals surface area contributed by atoms with Gasteiger partial charge >= 0.3 is 0 Å². The number of aromatic nitrogens is 2. The van der Waals surface area contributed by atoms with Gasteiger partial charge in [-0.15, -0.1) is 0 Å². The first-order valence-electron chi connectivity index (χ1n) is 9.20. The number of anilines is 1. The van der Waals surface area contributed by atoms with Gasteiger partial charge < -0.3 is 10.6 Å². The summed E-state index contributed by atoms with van der Waals surface area (Å²) in [4.78, 5) is 23.5. The number of carbonyl (C=O) groups excluding carboxylic acids is 1. The van der Waals surface area contributed by atoms with Crippen molar-refractivity contribution >= 4 is 11.7 Å². The Morgan fingerprint density at radius 1 is 1.27 bits per heavy atom. The van der Waals surface area contributed by atoms with Gasteiger partial charge in [0.25, 0.3) is 0 Å². The van der Waals surface area contributed by atoms with E-state index in [0.29, 0.717) is 23.8 Å². The van der Waals surface area contributed by atoms with E-state index < -0.39 is 5.41 Å². The molecular weight excluding hydrogens is 331 g/mol. The fraction of sp³-hybridized carbons (Fsp3) is 0.450. The Morgan fingerprint density at radius 3 is 2.77 bits per heavy atom. The number of amides is 1. The summed E-state index contributed by atoms with van der Waals surface area (Å²) < 4.78 is 14.3. The van der Waals surface area contributed by atoms with E-state index in [9.17, 15) is 9.18 Å². The highest BCUT2D eigenvalue weighted by atomic mass is 19.1. The van der Waals surface area contributed by atoms with Crippen molar-refractivity contribution < 1.29 is 9.18 Å². The van der Waals surface area contributed by atoms with E-state index in [1.807, 2.05) is 11.0 Å². The van der Waals surface area contributed by atoms with E-state index in [1.54, 1.807) is 24.5 Å². The third-order valence-electron chi connectivity index (χ3n) is 5.64. The maximum absolute atomic E-state index is 14.3. The Bertz CT molecular complexity index is 821. The second-order valence-corrected chi connectivity index (χ2v) is 7.41. The van der Waals surface area contributed by atoms with Crippen molar-refractivity contribution in [2.75, 3.05) is 18.8 Å². The van der Waals surface area contributed by atoms with Gasteiger partial charge in [-0.3, -0.25) is 9.78 Å². The predicted molar refractivity (Wildman–Crippen MR) is 96.8 cm³/mol. The van der Waals surface area contributed by atoms with Crippen LogP contribution in [0.15, 0.2) is 36.7 Å². The van der Waals surface area contributed by atoms with Gasteiger partial charge in [0.2, 0.25) is 5.91 Å². The van der Waals surface area contributed by atoms with Crippen molar-refractivity contribution in [2.45, 2.75) is 37.5 Å². The third kappa shape index (κ3) is 3.04. The first-order chi connectivity index (χ1) is 12.6. The van der Waals surface area contributed by atoms with Gasteiger partial charge in [0.1, 0.15) is 11.6 Å². The largest absolute Gasteiger partial charge is 0.382 e. The van der Waals surface area contributed by atoms with Crippen LogP contribution in [0.5, 0.6) is 0 Å². The van der Waals surface area contributed by atoms with Gasteiger partial charge in [0.15, 0.2) is 0 Å². The second kappa shape index (κ2) is 6.67. The maximum Gasteiger partial charge on any atom is 0.233 e. The number of nitrogen functional groups attached to an aromatic ring is 1. The number of hydrogen-bond donors (Lipinski definition) is 1. The molecule has 2 aromatic rings. The van der Waals surface area contributed by atoms with Crippen molar-refractivity contribution in [1.82, 2.24) is 14.9 Å². The van der Waals surface area contributed by atoms with E-state index >= 15 is 0 Å². The molecule has 0 spiro atoms. The van der Waals surface area contributed by atoms with Crippen molar-refractivity contribution in [3.8, 4) is 0 Å². The van der Waals surface area contributed by atoms with Gasteiger partial charge in [-0.25, -0.2) is 9.37 Å². The molecular formula is C20H23FN4O. The Hall–Kier alpha value is -2.50. The molecule has 2 aliphatic rings. The van der Waals surface area contributed by atoms with Crippen LogP contribution in [0.25, 0.3) is 0 Å². The first kappa shape index (κ1) is 16.9. The van der Waals surface area contributed by atoms with Crippen LogP contribution in [-0.4, -0.2) is 33.9 Å². The Kier molecular flexibility index (Phi) is 4.34. The van der Waals surface area contributed by atoms with E-state index in [1.165, 1.54) is 6.07 Å². The van der Waals surface area contributed by atoms with Crippen LogP contribution in [0.2, 0.25) is 0 Å². The van der Waals surface area contributed by atoms with Crippen molar-refractivity contribution in [1.29, 1.82) is 0 Å². The van der Waals surface area contributed by atoms with Crippen LogP contribution in [0.4, 0.5) is 10.2 Å². The second-order valence-electron chi connectivity index (χ2n) is 7.41. The van der Waals surface area contributed by atoms with E-state index in [4.69, 9.17) is 5.73 Å². The number of carbonyl (C=O) groups is 1. The highest BCUT2D eigenvalue weighted by Gasteiger charge is 2.54. The highest BCUT2D eigenvalue weighted by Crippen LogP contribution is 2.50. The van der Waals surface area contributed by atoms with Crippen molar-refractivity contribution in [3.63, 3.8) is 0 Å². The lowest BCUT2D eigenvalue weighted by molar-refractivity contribution is -0.135. The number of hydrogen-bond acceptors (Lipinski definition) is 4. The lowest BCUT2D eigenvalue weighted by atomic mass is 9.89. The number of nitrogens with zero attached hydrogens (tertiary/aromatic N) is 3. The molecule has 2 fully saturated rings. The molecule has 5 nitrogen and oxygen atoms in total. The molecule has 1 saturated carbocycles. The summed E-state index contributed by atoms with van der Waals surface area (Å²) in [5.41, 5.74) is 6.59. The number of halogens is 1. The summed E-state index contributed by atoms with van der Waals surface area (Å²) in [6.07, 6.45) is 7.39. The van der Waals surface area contributed by atoms with Gasteiger partial charge in [0, 0.05) is 31.0 Å². The molecule has 26 heavy (non-hydrogen) atoms. The van der Waals surface area contributed by atoms with Crippen LogP contribution in [0, 0.1) is 11.7 Å². The number of benzene rings is 1. The van der Waals surface area contributed by atoms with E-state index in [-0.39, 0.29) is 11.7 Å². The molecule has 0 radical (unpaired) electrons. The zero-order valence-corrected chi connectivity index (χ0v) is 14.7. The van der Waals surface area contributed by atoms with Crippen molar-refractivity contribution in [3.05, 3.63) is 53.7 Å². The summed E-state index contributed by atoms with van der Waals surface area (Å²) >= 11 is 0. The Labute approximate surface area is 152 Å². The minimum atomic E-state index is -0.654. The smallest absolute Gasteiger partial charge is 0.233 e. The standard InChI is InChI=1S/C20H23FN4O/c21-16-6-2-1-5-15(16)20(7-8-20)19(26)25-11-3-4-14(13-25)12-17-18(22)24-10-9-23-17/h1-2,5-6,9-10,14H,3-4,7-8,11-13H2,(H2,22,24). The monoisotopic (exact) mass is 354 g/mol.